The van der Waals surface area contributed by atoms with Crippen LogP contribution in [0.1, 0.15) is 12.5 Å². The molecule has 0 aliphatic carbocycles. The fourth-order valence-electron chi connectivity index (χ4n) is 0.987. The van der Waals surface area contributed by atoms with Crippen molar-refractivity contribution < 1.29 is 9.53 Å². The van der Waals surface area contributed by atoms with Crippen LogP contribution >= 0.6 is 34.8 Å². The van der Waals surface area contributed by atoms with Gasteiger partial charge in [-0.25, -0.2) is 4.79 Å². The largest absolute Gasteiger partial charge is 0.444 e. The van der Waals surface area contributed by atoms with Crippen molar-refractivity contribution in [1.82, 2.24) is 0 Å². The average Bonchev–Trinajstić information content (AvgIpc) is 2.18. The molecule has 0 saturated carbocycles. The molecule has 0 heterocycles. The Morgan fingerprint density at radius 3 is 2.33 bits per heavy atom. The van der Waals surface area contributed by atoms with E-state index in [0.717, 1.165) is 0 Å². The Morgan fingerprint density at radius 1 is 1.33 bits per heavy atom. The van der Waals surface area contributed by atoms with Crippen LogP contribution in [0.3, 0.4) is 0 Å². The molecule has 1 unspecified atom stereocenters. The first-order chi connectivity index (χ1) is 6.94. The highest BCUT2D eigenvalue weighted by Crippen LogP contribution is 2.35. The second kappa shape index (κ2) is 5.06. The van der Waals surface area contributed by atoms with Crippen LogP contribution < -0.4 is 0 Å². The number of hydrogen-bond donors (Lipinski definition) is 0. The lowest BCUT2D eigenvalue weighted by atomic mass is 10.1. The smallest absolute Gasteiger partial charge is 0.348 e. The van der Waals surface area contributed by atoms with Gasteiger partial charge in [-0.05, 0) is 12.5 Å². The van der Waals surface area contributed by atoms with Gasteiger partial charge in [-0.2, -0.15) is 0 Å². The minimum Gasteiger partial charge on any atom is -0.444 e. The molecule has 2 nitrogen and oxygen atoms in total. The van der Waals surface area contributed by atoms with Gasteiger partial charge in [-0.1, -0.05) is 65.1 Å². The van der Waals surface area contributed by atoms with Gasteiger partial charge in [0.15, 0.2) is 5.56 Å². The first kappa shape index (κ1) is 12.6. The molecule has 0 aromatic heterocycles. The highest BCUT2D eigenvalue weighted by molar-refractivity contribution is 6.57. The molecule has 0 bridgehead atoms. The van der Waals surface area contributed by atoms with E-state index in [1.54, 1.807) is 30.3 Å². The van der Waals surface area contributed by atoms with E-state index in [0.29, 0.717) is 5.56 Å². The quantitative estimate of drug-likeness (QED) is 0.619. The van der Waals surface area contributed by atoms with Crippen LogP contribution in [0.4, 0.5) is 0 Å². The van der Waals surface area contributed by atoms with Crippen molar-refractivity contribution in [2.24, 2.45) is 0 Å². The van der Waals surface area contributed by atoms with Gasteiger partial charge in [0, 0.05) is 0 Å². The van der Waals surface area contributed by atoms with Crippen molar-refractivity contribution in [2.75, 3.05) is 0 Å². The first-order valence-electron chi connectivity index (χ1n) is 4.23. The van der Waals surface area contributed by atoms with E-state index in [9.17, 15) is 4.79 Å². The van der Waals surface area contributed by atoms with Gasteiger partial charge in [0.2, 0.25) is 4.33 Å². The third-order valence-electron chi connectivity index (χ3n) is 1.66. The Labute approximate surface area is 103 Å². The molecule has 0 spiro atoms. The molecular weight excluding hydrogens is 258 g/mol. The third kappa shape index (κ3) is 3.26. The lowest BCUT2D eigenvalue weighted by molar-refractivity contribution is -0.145. The summed E-state index contributed by atoms with van der Waals surface area (Å²) in [5.41, 5.74) is -0.311. The van der Waals surface area contributed by atoms with Gasteiger partial charge in [0.05, 0.1) is 0 Å². The zero-order valence-electron chi connectivity index (χ0n) is 7.91. The zero-order chi connectivity index (χ0) is 11.5. The average molecular weight is 268 g/mol. The van der Waals surface area contributed by atoms with Crippen LogP contribution in [0, 0.1) is 0 Å². The summed E-state index contributed by atoms with van der Waals surface area (Å²) < 4.78 is 3.01. The van der Waals surface area contributed by atoms with Gasteiger partial charge in [0.25, 0.3) is 0 Å². The monoisotopic (exact) mass is 266 g/mol. The van der Waals surface area contributed by atoms with Crippen LogP contribution in [0.5, 0.6) is 0 Å². The summed E-state index contributed by atoms with van der Waals surface area (Å²) in [5, 5.41) is 0. The molecule has 0 saturated heterocycles. The minimum absolute atomic E-state index is 0.454. The minimum atomic E-state index is -1.72. The van der Waals surface area contributed by atoms with Crippen molar-refractivity contribution in [2.45, 2.75) is 16.8 Å². The molecule has 0 N–H and O–H groups in total. The molecule has 0 aliphatic rings. The number of alkyl halides is 3. The molecule has 0 aliphatic heterocycles. The summed E-state index contributed by atoms with van der Waals surface area (Å²) >= 11 is 17.3. The summed E-state index contributed by atoms with van der Waals surface area (Å²) in [7, 11) is 0. The lowest BCUT2D eigenvalue weighted by Crippen LogP contribution is -2.27. The van der Waals surface area contributed by atoms with Gasteiger partial charge >= 0.3 is 5.97 Å². The van der Waals surface area contributed by atoms with Crippen LogP contribution in [-0.4, -0.2) is 11.5 Å². The lowest BCUT2D eigenvalue weighted by Gasteiger charge is -2.19. The van der Waals surface area contributed by atoms with Crippen LogP contribution in [-0.2, 0) is 13.9 Å². The number of esters is 1. The van der Waals surface area contributed by atoms with Crippen LogP contribution in [0.25, 0.3) is 0 Å². The maximum atomic E-state index is 11.5. The summed E-state index contributed by atoms with van der Waals surface area (Å²) in [4.78, 5) is 11.5. The topological polar surface area (TPSA) is 26.3 Å². The molecule has 1 aromatic carbocycles. The predicted molar refractivity (Wildman–Crippen MR) is 61.2 cm³/mol. The molecule has 82 valence electrons. The molecule has 0 amide bonds. The Hall–Kier alpha value is -0.440. The number of ether oxygens (including phenoxy) is 1. The molecule has 0 fully saturated rings. The second-order valence-electron chi connectivity index (χ2n) is 2.89. The Bertz CT molecular complexity index is 336. The van der Waals surface area contributed by atoms with E-state index in [1.165, 1.54) is 6.92 Å². The molecule has 1 aromatic rings. The number of rotatable bonds is 3. The van der Waals surface area contributed by atoms with E-state index in [1.807, 2.05) is 0 Å². The Kier molecular flexibility index (Phi) is 4.26. The van der Waals surface area contributed by atoms with Gasteiger partial charge in [-0.15, -0.1) is 0 Å². The molecule has 0 radical (unpaired) electrons. The second-order valence-corrected chi connectivity index (χ2v) is 4.83. The molecule has 5 heteroatoms. The molecular formula is C10H9Cl3O2. The zero-order valence-corrected chi connectivity index (χ0v) is 10.2. The third-order valence-corrected chi connectivity index (χ3v) is 2.50. The normalized spacial score (nSPS) is 13.3. The van der Waals surface area contributed by atoms with E-state index < -0.39 is 15.9 Å². The van der Waals surface area contributed by atoms with E-state index in [-0.39, 0.29) is 0 Å². The standard InChI is InChI=1S/C10H9Cl3O2/c1-7(11)15-9(14)10(12,13)8-5-3-2-4-6-8/h2-7H,1H3. The maximum absolute atomic E-state index is 11.5. The summed E-state index contributed by atoms with van der Waals surface area (Å²) in [5.74, 6) is -0.778. The number of halogens is 3. The van der Waals surface area contributed by atoms with Crippen molar-refractivity contribution >= 4 is 40.8 Å². The van der Waals surface area contributed by atoms with Crippen molar-refractivity contribution in [3.63, 3.8) is 0 Å². The SMILES string of the molecule is CC(Cl)OC(=O)C(Cl)(Cl)c1ccccc1. The fraction of sp³-hybridized carbons (Fsp3) is 0.300. The first-order valence-corrected chi connectivity index (χ1v) is 5.42. The molecule has 1 atom stereocenters. The van der Waals surface area contributed by atoms with Crippen molar-refractivity contribution in [3.05, 3.63) is 35.9 Å². The van der Waals surface area contributed by atoms with Gasteiger partial charge in [0.1, 0.15) is 0 Å². The van der Waals surface area contributed by atoms with Crippen LogP contribution in [0.15, 0.2) is 30.3 Å². The van der Waals surface area contributed by atoms with E-state index in [4.69, 9.17) is 39.5 Å². The summed E-state index contributed by atoms with van der Waals surface area (Å²) in [6.07, 6.45) is 0. The number of benzene rings is 1. The van der Waals surface area contributed by atoms with E-state index in [2.05, 4.69) is 0 Å². The van der Waals surface area contributed by atoms with Crippen molar-refractivity contribution in [3.8, 4) is 0 Å². The van der Waals surface area contributed by atoms with E-state index >= 15 is 0 Å². The Balaban J connectivity index is 2.88. The Morgan fingerprint density at radius 2 is 1.87 bits per heavy atom. The highest BCUT2D eigenvalue weighted by Gasteiger charge is 2.38. The fourth-order valence-corrected chi connectivity index (χ4v) is 1.41. The van der Waals surface area contributed by atoms with Crippen LogP contribution in [0.2, 0.25) is 0 Å². The summed E-state index contributed by atoms with van der Waals surface area (Å²) in [6.45, 7) is 1.51. The predicted octanol–water partition coefficient (Wildman–Crippen LogP) is 3.45. The molecule has 15 heavy (non-hydrogen) atoms. The highest BCUT2D eigenvalue weighted by atomic mass is 35.5. The van der Waals surface area contributed by atoms with Gasteiger partial charge < -0.3 is 4.74 Å². The maximum Gasteiger partial charge on any atom is 0.348 e. The summed E-state index contributed by atoms with van der Waals surface area (Å²) in [6, 6.07) is 8.53. The number of carbonyl (C=O) groups is 1. The van der Waals surface area contributed by atoms with Crippen molar-refractivity contribution in [1.29, 1.82) is 0 Å². The number of carbonyl (C=O) groups excluding carboxylic acids is 1. The molecule has 1 rings (SSSR count). The number of hydrogen-bond acceptors (Lipinski definition) is 2. The van der Waals surface area contributed by atoms with Gasteiger partial charge in [-0.3, -0.25) is 0 Å².